The van der Waals surface area contributed by atoms with Crippen LogP contribution in [0.3, 0.4) is 0 Å². The molecule has 1 unspecified atom stereocenters. The molecular weight excluding hydrogens is 573 g/mol. The third-order valence-electron chi connectivity index (χ3n) is 7.39. The van der Waals surface area contributed by atoms with Crippen LogP contribution in [-0.4, -0.2) is 4.57 Å². The van der Waals surface area contributed by atoms with E-state index in [4.69, 9.17) is 0 Å². The van der Waals surface area contributed by atoms with E-state index in [1.165, 1.54) is 55.2 Å². The van der Waals surface area contributed by atoms with Crippen molar-refractivity contribution in [1.29, 1.82) is 0 Å². The van der Waals surface area contributed by atoms with Crippen LogP contribution in [0.25, 0.3) is 44.6 Å². The van der Waals surface area contributed by atoms with Crippen molar-refractivity contribution in [2.45, 2.75) is 17.0 Å². The van der Waals surface area contributed by atoms with Gasteiger partial charge in [-0.2, -0.15) is 0 Å². The molecule has 1 heterocycles. The third kappa shape index (κ3) is 4.50. The van der Waals surface area contributed by atoms with E-state index in [2.05, 4.69) is 127 Å². The van der Waals surface area contributed by atoms with Crippen molar-refractivity contribution in [1.82, 2.24) is 4.57 Å². The van der Waals surface area contributed by atoms with Gasteiger partial charge >= 0.3 is 219 Å². The summed E-state index contributed by atoms with van der Waals surface area (Å²) in [7, 11) is 0. The van der Waals surface area contributed by atoms with E-state index in [0.29, 0.717) is 3.63 Å². The Morgan fingerprint density at radius 1 is 0.811 bits per heavy atom. The van der Waals surface area contributed by atoms with Crippen molar-refractivity contribution in [2.75, 3.05) is 0 Å². The Kier molecular flexibility index (Phi) is 7.46. The predicted molar refractivity (Wildman–Crippen MR) is 144 cm³/mol. The number of hydrogen-bond acceptors (Lipinski definition) is 0. The molecule has 0 saturated heterocycles. The Balaban J connectivity index is 0.00000140. The van der Waals surface area contributed by atoms with Gasteiger partial charge in [-0.3, -0.25) is 0 Å². The van der Waals surface area contributed by atoms with Gasteiger partial charge in [0.05, 0.1) is 0 Å². The van der Waals surface area contributed by atoms with Crippen LogP contribution in [0.5, 0.6) is 0 Å². The summed E-state index contributed by atoms with van der Waals surface area (Å²) in [6.07, 6.45) is 12.8. The number of benzene rings is 4. The number of fused-ring (bicyclic) bond motifs is 3. The molecule has 0 spiro atoms. The first-order valence-corrected chi connectivity index (χ1v) is 14.9. The minimum atomic E-state index is -0.773. The van der Waals surface area contributed by atoms with E-state index in [-0.39, 0.29) is 24.8 Å². The SMILES string of the molecule is CC1=Cc2c(-c3cccc4ccccc34)cc(-n3ccc4ccccc43)cc2[CH]1[Zr+2][C]1=CC=CC1.[Cl-].[Cl-]. The maximum atomic E-state index is 2.48. The van der Waals surface area contributed by atoms with Gasteiger partial charge in [-0.25, -0.2) is 0 Å². The first kappa shape index (κ1) is 26.0. The molecule has 180 valence electrons. The molecule has 0 fully saturated rings. The minimum absolute atomic E-state index is 0. The smallest absolute Gasteiger partial charge is 1.00 e. The number of rotatable bonds is 4. The van der Waals surface area contributed by atoms with Crippen LogP contribution < -0.4 is 24.8 Å². The number of halogens is 2. The molecule has 2 aliphatic carbocycles. The fourth-order valence-electron chi connectivity index (χ4n) is 5.68. The molecule has 5 aromatic rings. The maximum absolute atomic E-state index is 2.48. The van der Waals surface area contributed by atoms with Gasteiger partial charge in [0.15, 0.2) is 0 Å². The van der Waals surface area contributed by atoms with E-state index in [0.717, 1.165) is 6.42 Å². The van der Waals surface area contributed by atoms with Gasteiger partial charge in [-0.1, -0.05) is 0 Å². The van der Waals surface area contributed by atoms with Gasteiger partial charge in [0.1, 0.15) is 0 Å². The second-order valence-electron chi connectivity index (χ2n) is 9.56. The first-order chi connectivity index (χ1) is 17.3. The molecule has 2 aliphatic rings. The molecule has 4 heteroatoms. The summed E-state index contributed by atoms with van der Waals surface area (Å²) in [5.74, 6) is 0. The van der Waals surface area contributed by atoms with Gasteiger partial charge < -0.3 is 24.8 Å². The standard InChI is InChI=1S/C28H20N.C5H5.2ClH.Zr/c1-19-15-22-17-23(29-14-13-21-8-3-5-12-28(21)29)18-27(26(22)16-19)25-11-6-9-20-7-2-4-10-24(20)25;1-2-4-5-3-1;;;/h2-18H,1H3;1-3H,4H2;2*1H;/q;;;;+2/p-2. The molecule has 37 heavy (non-hydrogen) atoms. The second-order valence-corrected chi connectivity index (χ2v) is 13.3. The van der Waals surface area contributed by atoms with Gasteiger partial charge in [0, 0.05) is 0 Å². The van der Waals surface area contributed by atoms with E-state index in [1.54, 1.807) is 3.28 Å². The third-order valence-corrected chi connectivity index (χ3v) is 11.8. The van der Waals surface area contributed by atoms with Crippen LogP contribution in [0.15, 0.2) is 118 Å². The van der Waals surface area contributed by atoms with Gasteiger partial charge in [0.25, 0.3) is 0 Å². The van der Waals surface area contributed by atoms with Crippen molar-refractivity contribution in [3.05, 3.63) is 129 Å². The first-order valence-electron chi connectivity index (χ1n) is 12.3. The van der Waals surface area contributed by atoms with E-state index in [1.807, 2.05) is 0 Å². The monoisotopic (exact) mass is 595 g/mol. The fraction of sp³-hybridized carbons (Fsp3) is 0.0909. The minimum Gasteiger partial charge on any atom is -1.00 e. The zero-order valence-corrected chi connectivity index (χ0v) is 24.4. The predicted octanol–water partition coefficient (Wildman–Crippen LogP) is 2.84. The molecule has 0 amide bonds. The molecule has 0 saturated carbocycles. The molecular formula is C33H25Cl2NZr. The Morgan fingerprint density at radius 3 is 2.43 bits per heavy atom. The van der Waals surface area contributed by atoms with Crippen LogP contribution in [-0.2, 0) is 23.2 Å². The number of hydrogen-bond donors (Lipinski definition) is 0. The molecule has 1 atom stereocenters. The fourth-order valence-corrected chi connectivity index (χ4v) is 9.38. The van der Waals surface area contributed by atoms with E-state index < -0.39 is 23.2 Å². The van der Waals surface area contributed by atoms with Crippen LogP contribution in [0, 0.1) is 0 Å². The number of allylic oxidation sites excluding steroid dienone is 5. The molecule has 7 rings (SSSR count). The summed E-state index contributed by atoms with van der Waals surface area (Å²) < 4.78 is 4.66. The maximum Gasteiger partial charge on any atom is -1.00 e. The van der Waals surface area contributed by atoms with Crippen molar-refractivity contribution < 1.29 is 48.0 Å². The summed E-state index contributed by atoms with van der Waals surface area (Å²) in [6, 6.07) is 31.3. The summed E-state index contributed by atoms with van der Waals surface area (Å²) >= 11 is -0.773. The summed E-state index contributed by atoms with van der Waals surface area (Å²) in [5, 5.41) is 3.90. The molecule has 4 aromatic carbocycles. The van der Waals surface area contributed by atoms with Crippen molar-refractivity contribution in [2.24, 2.45) is 0 Å². The Bertz CT molecular complexity index is 1720. The molecule has 0 aliphatic heterocycles. The number of nitrogens with zero attached hydrogens (tertiary/aromatic N) is 1. The molecule has 0 N–H and O–H groups in total. The molecule has 0 bridgehead atoms. The van der Waals surface area contributed by atoms with Gasteiger partial charge in [0.2, 0.25) is 0 Å². The van der Waals surface area contributed by atoms with E-state index in [9.17, 15) is 0 Å². The number of aromatic nitrogens is 1. The molecule has 1 aromatic heterocycles. The largest absolute Gasteiger partial charge is 1.00 e. The van der Waals surface area contributed by atoms with Crippen LogP contribution in [0.2, 0.25) is 0 Å². The topological polar surface area (TPSA) is 4.93 Å². The van der Waals surface area contributed by atoms with Gasteiger partial charge in [-0.05, 0) is 0 Å². The van der Waals surface area contributed by atoms with Crippen LogP contribution >= 0.6 is 0 Å². The molecule has 0 radical (unpaired) electrons. The molecule has 1 nitrogen and oxygen atoms in total. The number of para-hydroxylation sites is 1. The zero-order valence-electron chi connectivity index (χ0n) is 20.5. The average molecular weight is 598 g/mol. The summed E-state index contributed by atoms with van der Waals surface area (Å²) in [4.78, 5) is 0. The van der Waals surface area contributed by atoms with Crippen molar-refractivity contribution >= 4 is 27.8 Å². The van der Waals surface area contributed by atoms with Crippen molar-refractivity contribution in [3.63, 3.8) is 0 Å². The average Bonchev–Trinajstić information content (AvgIpc) is 3.63. The Morgan fingerprint density at radius 2 is 1.59 bits per heavy atom. The normalized spacial score (nSPS) is 15.5. The Hall–Kier alpha value is -2.64. The summed E-state index contributed by atoms with van der Waals surface area (Å²) in [6.45, 7) is 2.35. The second kappa shape index (κ2) is 10.6. The van der Waals surface area contributed by atoms with Gasteiger partial charge in [-0.15, -0.1) is 0 Å². The Labute approximate surface area is 242 Å². The van der Waals surface area contributed by atoms with Crippen molar-refractivity contribution in [3.8, 4) is 16.8 Å². The van der Waals surface area contributed by atoms with Crippen LogP contribution in [0.4, 0.5) is 0 Å². The summed E-state index contributed by atoms with van der Waals surface area (Å²) in [5.41, 5.74) is 9.70. The quantitative estimate of drug-likeness (QED) is 0.301. The van der Waals surface area contributed by atoms with Crippen LogP contribution in [0.1, 0.15) is 28.1 Å². The van der Waals surface area contributed by atoms with E-state index >= 15 is 0 Å². The zero-order chi connectivity index (χ0) is 23.4.